The molecule has 4 nitrogen and oxygen atoms in total. The third-order valence-corrected chi connectivity index (χ3v) is 2.97. The van der Waals surface area contributed by atoms with E-state index in [1.807, 2.05) is 19.1 Å². The number of nitrogens with one attached hydrogen (secondary N) is 1. The molecule has 1 heterocycles. The minimum Gasteiger partial charge on any atom is -0.455 e. The van der Waals surface area contributed by atoms with Gasteiger partial charge in [0.2, 0.25) is 0 Å². The monoisotopic (exact) mass is 305 g/mol. The van der Waals surface area contributed by atoms with Gasteiger partial charge in [0.25, 0.3) is 0 Å². The van der Waals surface area contributed by atoms with E-state index in [4.69, 9.17) is 15.9 Å². The van der Waals surface area contributed by atoms with E-state index >= 15 is 0 Å². The smallest absolute Gasteiger partial charge is 0.145 e. The van der Waals surface area contributed by atoms with Crippen LogP contribution in [-0.4, -0.2) is 10.8 Å². The number of nitrogen functional groups attached to an aromatic ring is 1. The second-order valence-electron chi connectivity index (χ2n) is 3.80. The largest absolute Gasteiger partial charge is 0.455 e. The average molecular weight is 306 g/mol. The van der Waals surface area contributed by atoms with Crippen molar-refractivity contribution >= 4 is 21.8 Å². The lowest BCUT2D eigenvalue weighted by Crippen LogP contribution is -2.10. The molecule has 18 heavy (non-hydrogen) atoms. The number of pyridine rings is 1. The molecule has 0 unspecified atom stereocenters. The molecule has 2 aromatic rings. The fourth-order valence-corrected chi connectivity index (χ4v) is 1.85. The normalized spacial score (nSPS) is 10.1. The Hall–Kier alpha value is -1.88. The quantitative estimate of drug-likeness (QED) is 0.675. The van der Waals surface area contributed by atoms with Crippen LogP contribution in [0.3, 0.4) is 0 Å². The van der Waals surface area contributed by atoms with Crippen LogP contribution in [0.25, 0.3) is 0 Å². The second kappa shape index (κ2) is 5.18. The van der Waals surface area contributed by atoms with Gasteiger partial charge >= 0.3 is 0 Å². The summed E-state index contributed by atoms with van der Waals surface area (Å²) in [6.45, 7) is 1.92. The van der Waals surface area contributed by atoms with E-state index in [0.717, 1.165) is 10.2 Å². The highest BCUT2D eigenvalue weighted by atomic mass is 79.9. The van der Waals surface area contributed by atoms with Crippen molar-refractivity contribution in [3.8, 4) is 11.5 Å². The number of ether oxygens (including phenoxy) is 1. The number of hydrogen-bond acceptors (Lipinski definition) is 3. The Morgan fingerprint density at radius 2 is 2.11 bits per heavy atom. The summed E-state index contributed by atoms with van der Waals surface area (Å²) in [5, 5.41) is 7.35. The zero-order chi connectivity index (χ0) is 13.1. The van der Waals surface area contributed by atoms with Crippen LogP contribution in [0.2, 0.25) is 0 Å². The molecular formula is C13H12BrN3O. The highest BCUT2D eigenvalue weighted by Crippen LogP contribution is 2.30. The van der Waals surface area contributed by atoms with Gasteiger partial charge in [-0.05, 0) is 53.2 Å². The van der Waals surface area contributed by atoms with Gasteiger partial charge in [-0.3, -0.25) is 10.4 Å². The molecule has 2 rings (SSSR count). The highest BCUT2D eigenvalue weighted by molar-refractivity contribution is 9.10. The Balaban J connectivity index is 2.24. The van der Waals surface area contributed by atoms with Crippen molar-refractivity contribution in [3.63, 3.8) is 0 Å². The Kier molecular flexibility index (Phi) is 3.62. The number of amidine groups is 1. The van der Waals surface area contributed by atoms with Gasteiger partial charge in [0.15, 0.2) is 0 Å². The first-order chi connectivity index (χ1) is 8.56. The maximum absolute atomic E-state index is 7.35. The Morgan fingerprint density at radius 1 is 1.33 bits per heavy atom. The number of aromatic nitrogens is 1. The van der Waals surface area contributed by atoms with E-state index in [9.17, 15) is 0 Å². The lowest BCUT2D eigenvalue weighted by atomic mass is 10.2. The average Bonchev–Trinajstić information content (AvgIpc) is 2.34. The number of hydrogen-bond donors (Lipinski definition) is 2. The molecule has 3 N–H and O–H groups in total. The van der Waals surface area contributed by atoms with Gasteiger partial charge in [-0.25, -0.2) is 0 Å². The molecule has 0 radical (unpaired) electrons. The molecule has 0 atom stereocenters. The van der Waals surface area contributed by atoms with Crippen LogP contribution in [0.1, 0.15) is 11.3 Å². The van der Waals surface area contributed by atoms with Gasteiger partial charge < -0.3 is 10.5 Å². The fraction of sp³-hybridized carbons (Fsp3) is 0.0769. The van der Waals surface area contributed by atoms with Crippen molar-refractivity contribution in [1.29, 1.82) is 5.41 Å². The molecule has 5 heteroatoms. The number of halogens is 1. The molecule has 0 saturated heterocycles. The first-order valence-corrected chi connectivity index (χ1v) is 6.10. The van der Waals surface area contributed by atoms with E-state index in [0.29, 0.717) is 17.1 Å². The van der Waals surface area contributed by atoms with Crippen LogP contribution in [-0.2, 0) is 0 Å². The zero-order valence-corrected chi connectivity index (χ0v) is 11.4. The Labute approximate surface area is 113 Å². The van der Waals surface area contributed by atoms with E-state index in [1.165, 1.54) is 0 Å². The van der Waals surface area contributed by atoms with E-state index in [2.05, 4.69) is 20.9 Å². The summed E-state index contributed by atoms with van der Waals surface area (Å²) in [5.74, 6) is 1.35. The lowest BCUT2D eigenvalue weighted by Gasteiger charge is -2.08. The molecule has 0 fully saturated rings. The fourth-order valence-electron chi connectivity index (χ4n) is 1.39. The molecule has 0 aliphatic rings. The number of nitrogens with zero attached hydrogens (tertiary/aromatic N) is 1. The molecule has 0 aliphatic carbocycles. The molecule has 0 aliphatic heterocycles. The summed E-state index contributed by atoms with van der Waals surface area (Å²) in [6, 6.07) is 8.99. The maximum atomic E-state index is 7.35. The number of rotatable bonds is 3. The molecule has 1 aromatic carbocycles. The van der Waals surface area contributed by atoms with E-state index in [1.54, 1.807) is 24.4 Å². The van der Waals surface area contributed by atoms with Crippen molar-refractivity contribution in [2.24, 2.45) is 5.73 Å². The van der Waals surface area contributed by atoms with Crippen molar-refractivity contribution in [2.75, 3.05) is 0 Å². The molecular weight excluding hydrogens is 294 g/mol. The third kappa shape index (κ3) is 2.87. The van der Waals surface area contributed by atoms with Crippen LogP contribution in [0.5, 0.6) is 11.5 Å². The van der Waals surface area contributed by atoms with Gasteiger partial charge in [-0.1, -0.05) is 0 Å². The predicted octanol–water partition coefficient (Wildman–Crippen LogP) is 3.23. The summed E-state index contributed by atoms with van der Waals surface area (Å²) in [6.07, 6.45) is 1.67. The van der Waals surface area contributed by atoms with Crippen molar-refractivity contribution < 1.29 is 4.74 Å². The first-order valence-electron chi connectivity index (χ1n) is 5.31. The lowest BCUT2D eigenvalue weighted by molar-refractivity contribution is 0.477. The Morgan fingerprint density at radius 3 is 2.67 bits per heavy atom. The van der Waals surface area contributed by atoms with Gasteiger partial charge in [0, 0.05) is 11.3 Å². The summed E-state index contributed by atoms with van der Waals surface area (Å²) < 4.78 is 6.42. The van der Waals surface area contributed by atoms with Crippen molar-refractivity contribution in [1.82, 2.24) is 4.98 Å². The van der Waals surface area contributed by atoms with Crippen molar-refractivity contribution in [2.45, 2.75) is 6.92 Å². The zero-order valence-electron chi connectivity index (χ0n) is 9.77. The van der Waals surface area contributed by atoms with Gasteiger partial charge in [-0.15, -0.1) is 0 Å². The number of aryl methyl sites for hydroxylation is 1. The van der Waals surface area contributed by atoms with E-state index in [-0.39, 0.29) is 5.84 Å². The molecule has 0 saturated carbocycles. The summed E-state index contributed by atoms with van der Waals surface area (Å²) in [5.41, 5.74) is 7.00. The standard InChI is InChI=1S/C13H12BrN3O/c1-8-2-4-10(7-17-8)18-12-5-3-9(13(15)16)6-11(12)14/h2-7H,1H3,(H3,15,16). The maximum Gasteiger partial charge on any atom is 0.145 e. The molecule has 0 spiro atoms. The minimum absolute atomic E-state index is 0.0271. The third-order valence-electron chi connectivity index (χ3n) is 2.35. The van der Waals surface area contributed by atoms with Gasteiger partial charge in [0.1, 0.15) is 17.3 Å². The SMILES string of the molecule is Cc1ccc(Oc2ccc(C(=N)N)cc2Br)cn1. The molecule has 0 bridgehead atoms. The highest BCUT2D eigenvalue weighted by Gasteiger charge is 2.05. The molecule has 92 valence electrons. The van der Waals surface area contributed by atoms with Crippen LogP contribution in [0.4, 0.5) is 0 Å². The van der Waals surface area contributed by atoms with Crippen LogP contribution >= 0.6 is 15.9 Å². The summed E-state index contributed by atoms with van der Waals surface area (Å²) in [7, 11) is 0. The van der Waals surface area contributed by atoms with Gasteiger partial charge in [-0.2, -0.15) is 0 Å². The van der Waals surface area contributed by atoms with Crippen LogP contribution < -0.4 is 10.5 Å². The summed E-state index contributed by atoms with van der Waals surface area (Å²) >= 11 is 3.39. The number of benzene rings is 1. The van der Waals surface area contributed by atoms with Crippen LogP contribution in [0, 0.1) is 12.3 Å². The van der Waals surface area contributed by atoms with Gasteiger partial charge in [0.05, 0.1) is 10.7 Å². The molecule has 1 aromatic heterocycles. The first kappa shape index (κ1) is 12.6. The van der Waals surface area contributed by atoms with Crippen LogP contribution in [0.15, 0.2) is 41.0 Å². The number of nitrogens with two attached hydrogens (primary N) is 1. The summed E-state index contributed by atoms with van der Waals surface area (Å²) in [4.78, 5) is 4.16. The van der Waals surface area contributed by atoms with E-state index < -0.39 is 0 Å². The Bertz CT molecular complexity index is 581. The minimum atomic E-state index is 0.0271. The second-order valence-corrected chi connectivity index (χ2v) is 4.65. The predicted molar refractivity (Wildman–Crippen MR) is 74.2 cm³/mol. The topological polar surface area (TPSA) is 72.0 Å². The molecule has 0 amide bonds. The van der Waals surface area contributed by atoms with Crippen molar-refractivity contribution in [3.05, 3.63) is 52.3 Å².